The Balaban J connectivity index is 1.98. The molecule has 0 fully saturated rings. The van der Waals surface area contributed by atoms with Crippen LogP contribution in [0.4, 0.5) is 0 Å². The number of carbonyl (C=O) groups excluding carboxylic acids is 1. The predicted octanol–water partition coefficient (Wildman–Crippen LogP) is 3.78. The minimum atomic E-state index is -0.0905. The van der Waals surface area contributed by atoms with Gasteiger partial charge >= 0.3 is 0 Å². The Bertz CT molecular complexity index is 703. The third-order valence-corrected chi connectivity index (χ3v) is 3.98. The highest BCUT2D eigenvalue weighted by atomic mass is 35.5. The Kier molecular flexibility index (Phi) is 6.95. The van der Waals surface area contributed by atoms with E-state index in [2.05, 4.69) is 0 Å². The van der Waals surface area contributed by atoms with Crippen LogP contribution < -0.4 is 14.2 Å². The first-order chi connectivity index (χ1) is 12.1. The van der Waals surface area contributed by atoms with Gasteiger partial charge in [-0.15, -0.1) is 0 Å². The van der Waals surface area contributed by atoms with E-state index in [1.165, 1.54) is 0 Å². The number of benzene rings is 2. The van der Waals surface area contributed by atoms with Gasteiger partial charge in [0.2, 0.25) is 0 Å². The summed E-state index contributed by atoms with van der Waals surface area (Å²) < 4.78 is 16.1. The third-order valence-electron chi connectivity index (χ3n) is 3.73. The van der Waals surface area contributed by atoms with Crippen molar-refractivity contribution in [3.8, 4) is 17.2 Å². The van der Waals surface area contributed by atoms with Crippen molar-refractivity contribution < 1.29 is 19.0 Å². The summed E-state index contributed by atoms with van der Waals surface area (Å²) in [6, 6.07) is 12.5. The third kappa shape index (κ3) is 5.29. The largest absolute Gasteiger partial charge is 0.493 e. The minimum absolute atomic E-state index is 0.0250. The molecule has 0 aliphatic rings. The molecule has 0 atom stereocenters. The van der Waals surface area contributed by atoms with E-state index in [-0.39, 0.29) is 12.5 Å². The van der Waals surface area contributed by atoms with E-state index in [0.717, 1.165) is 5.56 Å². The summed E-state index contributed by atoms with van der Waals surface area (Å²) in [4.78, 5) is 14.1. The fraction of sp³-hybridized carbons (Fsp3) is 0.316. The average molecular weight is 364 g/mol. The lowest BCUT2D eigenvalue weighted by Gasteiger charge is -2.21. The van der Waals surface area contributed by atoms with Crippen molar-refractivity contribution in [2.45, 2.75) is 13.5 Å². The van der Waals surface area contributed by atoms with Crippen molar-refractivity contribution in [2.24, 2.45) is 0 Å². The predicted molar refractivity (Wildman–Crippen MR) is 97.6 cm³/mol. The van der Waals surface area contributed by atoms with Crippen LogP contribution in [-0.4, -0.2) is 38.2 Å². The van der Waals surface area contributed by atoms with Crippen LogP contribution in [0.3, 0.4) is 0 Å². The highest BCUT2D eigenvalue weighted by Crippen LogP contribution is 2.28. The molecule has 0 saturated carbocycles. The summed E-state index contributed by atoms with van der Waals surface area (Å²) in [6.07, 6.45) is 0. The number of carbonyl (C=O) groups is 1. The molecular formula is C19H22ClNO4. The Morgan fingerprint density at radius 1 is 1.04 bits per heavy atom. The monoisotopic (exact) mass is 363 g/mol. The average Bonchev–Trinajstić information content (AvgIpc) is 2.65. The number of halogens is 1. The van der Waals surface area contributed by atoms with E-state index in [1.54, 1.807) is 43.4 Å². The maximum Gasteiger partial charge on any atom is 0.260 e. The number of methoxy groups -OCH3 is 2. The molecule has 0 spiro atoms. The summed E-state index contributed by atoms with van der Waals surface area (Å²) in [5.74, 6) is 1.82. The first kappa shape index (κ1) is 18.9. The fourth-order valence-electron chi connectivity index (χ4n) is 2.34. The molecule has 0 aliphatic carbocycles. The SMILES string of the molecule is CCN(Cc1ccc(OC)c(OC)c1)C(=O)COc1ccc(Cl)cc1. The Morgan fingerprint density at radius 2 is 1.72 bits per heavy atom. The van der Waals surface area contributed by atoms with Gasteiger partial charge in [-0.25, -0.2) is 0 Å². The molecule has 0 aliphatic heterocycles. The summed E-state index contributed by atoms with van der Waals surface area (Å²) >= 11 is 5.83. The minimum Gasteiger partial charge on any atom is -0.493 e. The van der Waals surface area contributed by atoms with Crippen LogP contribution in [-0.2, 0) is 11.3 Å². The topological polar surface area (TPSA) is 48.0 Å². The van der Waals surface area contributed by atoms with E-state index in [4.69, 9.17) is 25.8 Å². The number of amides is 1. The molecule has 0 unspecified atom stereocenters. The van der Waals surface area contributed by atoms with Crippen molar-refractivity contribution in [1.82, 2.24) is 4.90 Å². The van der Waals surface area contributed by atoms with Gasteiger partial charge in [-0.2, -0.15) is 0 Å². The summed E-state index contributed by atoms with van der Waals surface area (Å²) in [5.41, 5.74) is 0.958. The van der Waals surface area contributed by atoms with E-state index in [1.807, 2.05) is 25.1 Å². The van der Waals surface area contributed by atoms with E-state index in [9.17, 15) is 4.79 Å². The van der Waals surface area contributed by atoms with Gasteiger partial charge in [-0.3, -0.25) is 4.79 Å². The molecule has 0 saturated heterocycles. The van der Waals surface area contributed by atoms with Crippen LogP contribution in [0.25, 0.3) is 0 Å². The lowest BCUT2D eigenvalue weighted by Crippen LogP contribution is -2.34. The van der Waals surface area contributed by atoms with Crippen molar-refractivity contribution in [3.63, 3.8) is 0 Å². The molecule has 6 heteroatoms. The molecule has 0 heterocycles. The van der Waals surface area contributed by atoms with E-state index in [0.29, 0.717) is 35.4 Å². The molecule has 1 amide bonds. The quantitative estimate of drug-likeness (QED) is 0.716. The summed E-state index contributed by atoms with van der Waals surface area (Å²) in [5, 5.41) is 0.627. The normalized spacial score (nSPS) is 10.2. The molecule has 2 aromatic rings. The standard InChI is InChI=1S/C19H22ClNO4/c1-4-21(12-14-5-10-17(23-2)18(11-14)24-3)19(22)13-25-16-8-6-15(20)7-9-16/h5-11H,4,12-13H2,1-3H3. The van der Waals surface area contributed by atoms with Gasteiger partial charge in [0.1, 0.15) is 5.75 Å². The van der Waals surface area contributed by atoms with Crippen LogP contribution in [0.15, 0.2) is 42.5 Å². The molecule has 0 aromatic heterocycles. The van der Waals surface area contributed by atoms with Crippen molar-refractivity contribution in [2.75, 3.05) is 27.4 Å². The van der Waals surface area contributed by atoms with Crippen LogP contribution in [0, 0.1) is 0 Å². The van der Waals surface area contributed by atoms with Gasteiger partial charge in [-0.05, 0) is 48.9 Å². The zero-order valence-corrected chi connectivity index (χ0v) is 15.4. The van der Waals surface area contributed by atoms with Crippen molar-refractivity contribution in [3.05, 3.63) is 53.1 Å². The number of likely N-dealkylation sites (N-methyl/N-ethyl adjacent to an activating group) is 1. The molecule has 0 bridgehead atoms. The Hall–Kier alpha value is -2.40. The van der Waals surface area contributed by atoms with E-state index >= 15 is 0 Å². The van der Waals surface area contributed by atoms with Gasteiger partial charge in [0, 0.05) is 18.1 Å². The molecule has 0 N–H and O–H groups in total. The fourth-order valence-corrected chi connectivity index (χ4v) is 2.47. The van der Waals surface area contributed by atoms with Crippen molar-refractivity contribution in [1.29, 1.82) is 0 Å². The zero-order chi connectivity index (χ0) is 18.2. The summed E-state index contributed by atoms with van der Waals surface area (Å²) in [7, 11) is 3.18. The number of hydrogen-bond acceptors (Lipinski definition) is 4. The van der Waals surface area contributed by atoms with Gasteiger partial charge < -0.3 is 19.1 Å². The highest BCUT2D eigenvalue weighted by Gasteiger charge is 2.14. The van der Waals surface area contributed by atoms with Crippen LogP contribution in [0.2, 0.25) is 5.02 Å². The second kappa shape index (κ2) is 9.18. The maximum atomic E-state index is 12.4. The molecule has 25 heavy (non-hydrogen) atoms. The van der Waals surface area contributed by atoms with Crippen LogP contribution in [0.5, 0.6) is 17.2 Å². The first-order valence-corrected chi connectivity index (χ1v) is 8.32. The van der Waals surface area contributed by atoms with Gasteiger partial charge in [-0.1, -0.05) is 17.7 Å². The lowest BCUT2D eigenvalue weighted by molar-refractivity contribution is -0.133. The summed E-state index contributed by atoms with van der Waals surface area (Å²) in [6.45, 7) is 2.96. The highest BCUT2D eigenvalue weighted by molar-refractivity contribution is 6.30. The molecule has 0 radical (unpaired) electrons. The molecule has 5 nitrogen and oxygen atoms in total. The van der Waals surface area contributed by atoms with Gasteiger partial charge in [0.25, 0.3) is 5.91 Å². The maximum absolute atomic E-state index is 12.4. The second-order valence-electron chi connectivity index (χ2n) is 5.34. The first-order valence-electron chi connectivity index (χ1n) is 7.94. The van der Waals surface area contributed by atoms with E-state index < -0.39 is 0 Å². The van der Waals surface area contributed by atoms with Crippen LogP contribution in [0.1, 0.15) is 12.5 Å². The lowest BCUT2D eigenvalue weighted by atomic mass is 10.2. The number of nitrogens with zero attached hydrogens (tertiary/aromatic N) is 1. The van der Waals surface area contributed by atoms with Gasteiger partial charge in [0.15, 0.2) is 18.1 Å². The van der Waals surface area contributed by atoms with Gasteiger partial charge in [0.05, 0.1) is 14.2 Å². The second-order valence-corrected chi connectivity index (χ2v) is 5.78. The molecule has 2 rings (SSSR count). The Labute approximate surface area is 153 Å². The zero-order valence-electron chi connectivity index (χ0n) is 14.6. The molecule has 2 aromatic carbocycles. The number of rotatable bonds is 8. The number of hydrogen-bond donors (Lipinski definition) is 0. The van der Waals surface area contributed by atoms with Crippen LogP contribution >= 0.6 is 11.6 Å². The molecule has 134 valence electrons. The molecular weight excluding hydrogens is 342 g/mol. The smallest absolute Gasteiger partial charge is 0.260 e. The number of ether oxygens (including phenoxy) is 3. The Morgan fingerprint density at radius 3 is 2.32 bits per heavy atom. The van der Waals surface area contributed by atoms with Crippen molar-refractivity contribution >= 4 is 17.5 Å².